The highest BCUT2D eigenvalue weighted by molar-refractivity contribution is 5.85. The van der Waals surface area contributed by atoms with Crippen molar-refractivity contribution < 1.29 is 14.2 Å². The number of hydrogen-bond donors (Lipinski definition) is 1. The predicted octanol–water partition coefficient (Wildman–Crippen LogP) is 2.06. The Kier molecular flexibility index (Phi) is 7.96. The van der Waals surface area contributed by atoms with Crippen LogP contribution in [0.25, 0.3) is 0 Å². The van der Waals surface area contributed by atoms with E-state index in [-0.39, 0.29) is 12.4 Å². The molecule has 1 aliphatic rings. The second-order valence-corrected chi connectivity index (χ2v) is 5.43. The molecular formula is C16H27ClN2O3. The Hall–Kier alpha value is -1.01. The van der Waals surface area contributed by atoms with Gasteiger partial charge in [-0.2, -0.15) is 0 Å². The van der Waals surface area contributed by atoms with E-state index in [1.807, 2.05) is 12.1 Å². The number of likely N-dealkylation sites (tertiary alicyclic amines) is 1. The number of benzene rings is 1. The molecule has 0 radical (unpaired) electrons. The largest absolute Gasteiger partial charge is 0.493 e. The van der Waals surface area contributed by atoms with Crippen molar-refractivity contribution in [2.45, 2.75) is 31.5 Å². The third-order valence-electron chi connectivity index (χ3n) is 4.23. The van der Waals surface area contributed by atoms with Crippen molar-refractivity contribution >= 4 is 12.4 Å². The number of methoxy groups -OCH3 is 3. The molecule has 0 saturated carbocycles. The number of nitrogens with zero attached hydrogens (tertiary/aromatic N) is 1. The van der Waals surface area contributed by atoms with Gasteiger partial charge in [0, 0.05) is 32.8 Å². The molecule has 0 bridgehead atoms. The van der Waals surface area contributed by atoms with Crippen molar-refractivity contribution in [3.05, 3.63) is 23.8 Å². The predicted molar refractivity (Wildman–Crippen MR) is 90.1 cm³/mol. The lowest BCUT2D eigenvalue weighted by Crippen LogP contribution is -2.47. The SMILES string of the molecule is COc1ccc(CN2CCC(OC)CC2CN)cc1OC.Cl. The third kappa shape index (κ3) is 4.49. The highest BCUT2D eigenvalue weighted by Gasteiger charge is 2.27. The molecule has 1 saturated heterocycles. The van der Waals surface area contributed by atoms with E-state index in [9.17, 15) is 0 Å². The summed E-state index contributed by atoms with van der Waals surface area (Å²) in [5.74, 6) is 1.53. The normalized spacial score (nSPS) is 22.0. The van der Waals surface area contributed by atoms with Crippen molar-refractivity contribution in [2.75, 3.05) is 34.4 Å². The molecule has 1 fully saturated rings. The van der Waals surface area contributed by atoms with Crippen LogP contribution in [0.15, 0.2) is 18.2 Å². The topological polar surface area (TPSA) is 57.0 Å². The molecular weight excluding hydrogens is 304 g/mol. The van der Waals surface area contributed by atoms with Crippen molar-refractivity contribution in [2.24, 2.45) is 5.73 Å². The quantitative estimate of drug-likeness (QED) is 0.865. The molecule has 2 rings (SSSR count). The van der Waals surface area contributed by atoms with Crippen LogP contribution >= 0.6 is 12.4 Å². The van der Waals surface area contributed by atoms with Gasteiger partial charge in [-0.25, -0.2) is 0 Å². The van der Waals surface area contributed by atoms with Gasteiger partial charge in [-0.3, -0.25) is 4.90 Å². The summed E-state index contributed by atoms with van der Waals surface area (Å²) >= 11 is 0. The van der Waals surface area contributed by atoms with Crippen LogP contribution in [0.2, 0.25) is 0 Å². The molecule has 22 heavy (non-hydrogen) atoms. The summed E-state index contributed by atoms with van der Waals surface area (Å²) in [6.45, 7) is 2.54. The maximum atomic E-state index is 5.92. The molecule has 1 aromatic rings. The number of halogens is 1. The van der Waals surface area contributed by atoms with Crippen LogP contribution in [0.1, 0.15) is 18.4 Å². The van der Waals surface area contributed by atoms with Crippen LogP contribution < -0.4 is 15.2 Å². The average Bonchev–Trinajstić information content (AvgIpc) is 2.55. The smallest absolute Gasteiger partial charge is 0.161 e. The average molecular weight is 331 g/mol. The first-order valence-electron chi connectivity index (χ1n) is 7.39. The Morgan fingerprint density at radius 3 is 2.50 bits per heavy atom. The summed E-state index contributed by atoms with van der Waals surface area (Å²) in [5, 5.41) is 0. The van der Waals surface area contributed by atoms with Crippen LogP contribution in [0, 0.1) is 0 Å². The van der Waals surface area contributed by atoms with Crippen LogP contribution in [-0.2, 0) is 11.3 Å². The molecule has 0 aromatic heterocycles. The summed E-state index contributed by atoms with van der Waals surface area (Å²) in [6, 6.07) is 6.44. The van der Waals surface area contributed by atoms with Gasteiger partial charge in [0.1, 0.15) is 0 Å². The molecule has 1 heterocycles. The monoisotopic (exact) mass is 330 g/mol. The molecule has 6 heteroatoms. The molecule has 0 spiro atoms. The zero-order valence-electron chi connectivity index (χ0n) is 13.6. The molecule has 2 N–H and O–H groups in total. The molecule has 0 aliphatic carbocycles. The number of ether oxygens (including phenoxy) is 3. The van der Waals surface area contributed by atoms with Crippen molar-refractivity contribution in [1.29, 1.82) is 0 Å². The molecule has 2 atom stereocenters. The van der Waals surface area contributed by atoms with Crippen LogP contribution in [0.3, 0.4) is 0 Å². The molecule has 1 aliphatic heterocycles. The molecule has 126 valence electrons. The number of nitrogens with two attached hydrogens (primary N) is 1. The van der Waals surface area contributed by atoms with Gasteiger partial charge in [0.2, 0.25) is 0 Å². The Morgan fingerprint density at radius 1 is 1.18 bits per heavy atom. The standard InChI is InChI=1S/C16H26N2O3.ClH/c1-19-14-6-7-18(13(9-14)10-17)11-12-4-5-15(20-2)16(8-12)21-3;/h4-5,8,13-14H,6-7,9-11,17H2,1-3H3;1H. The maximum Gasteiger partial charge on any atom is 0.161 e. The van der Waals surface area contributed by atoms with E-state index in [0.717, 1.165) is 37.4 Å². The zero-order valence-corrected chi connectivity index (χ0v) is 14.4. The Bertz CT molecular complexity index is 459. The van der Waals surface area contributed by atoms with Crippen molar-refractivity contribution in [3.63, 3.8) is 0 Å². The summed E-state index contributed by atoms with van der Waals surface area (Å²) < 4.78 is 16.1. The lowest BCUT2D eigenvalue weighted by atomic mass is 9.98. The second kappa shape index (κ2) is 9.20. The van der Waals surface area contributed by atoms with Gasteiger partial charge >= 0.3 is 0 Å². The minimum Gasteiger partial charge on any atom is -0.493 e. The summed E-state index contributed by atoms with van der Waals surface area (Å²) in [4.78, 5) is 2.43. The van der Waals surface area contributed by atoms with Crippen LogP contribution in [0.4, 0.5) is 0 Å². The van der Waals surface area contributed by atoms with E-state index in [4.69, 9.17) is 19.9 Å². The van der Waals surface area contributed by atoms with Gasteiger partial charge in [0.15, 0.2) is 11.5 Å². The number of piperidine rings is 1. The van der Waals surface area contributed by atoms with E-state index in [0.29, 0.717) is 18.7 Å². The Morgan fingerprint density at radius 2 is 1.91 bits per heavy atom. The maximum absolute atomic E-state index is 5.92. The lowest BCUT2D eigenvalue weighted by Gasteiger charge is -2.38. The van der Waals surface area contributed by atoms with E-state index in [1.165, 1.54) is 5.56 Å². The third-order valence-corrected chi connectivity index (χ3v) is 4.23. The summed E-state index contributed by atoms with van der Waals surface area (Å²) in [7, 11) is 5.09. The van der Waals surface area contributed by atoms with E-state index >= 15 is 0 Å². The van der Waals surface area contributed by atoms with Gasteiger partial charge in [-0.15, -0.1) is 12.4 Å². The first-order chi connectivity index (χ1) is 10.2. The zero-order chi connectivity index (χ0) is 15.2. The first kappa shape index (κ1) is 19.0. The fraction of sp³-hybridized carbons (Fsp3) is 0.625. The van der Waals surface area contributed by atoms with Crippen molar-refractivity contribution in [1.82, 2.24) is 4.90 Å². The molecule has 0 amide bonds. The van der Waals surface area contributed by atoms with Gasteiger partial charge in [-0.05, 0) is 30.5 Å². The van der Waals surface area contributed by atoms with Gasteiger partial charge in [0.05, 0.1) is 20.3 Å². The first-order valence-corrected chi connectivity index (χ1v) is 7.39. The fourth-order valence-corrected chi connectivity index (χ4v) is 2.94. The van der Waals surface area contributed by atoms with Crippen LogP contribution in [-0.4, -0.2) is 51.5 Å². The van der Waals surface area contributed by atoms with E-state index < -0.39 is 0 Å². The minimum atomic E-state index is 0. The minimum absolute atomic E-state index is 0. The van der Waals surface area contributed by atoms with Gasteiger partial charge in [-0.1, -0.05) is 6.07 Å². The summed E-state index contributed by atoms with van der Waals surface area (Å²) in [6.07, 6.45) is 2.39. The number of hydrogen-bond acceptors (Lipinski definition) is 5. The molecule has 1 aromatic carbocycles. The van der Waals surface area contributed by atoms with Gasteiger partial charge in [0.25, 0.3) is 0 Å². The lowest BCUT2D eigenvalue weighted by molar-refractivity contribution is 0.0102. The molecule has 5 nitrogen and oxygen atoms in total. The number of rotatable bonds is 6. The highest BCUT2D eigenvalue weighted by atomic mass is 35.5. The van der Waals surface area contributed by atoms with Crippen LogP contribution in [0.5, 0.6) is 11.5 Å². The van der Waals surface area contributed by atoms with Gasteiger partial charge < -0.3 is 19.9 Å². The highest BCUT2D eigenvalue weighted by Crippen LogP contribution is 2.29. The Balaban J connectivity index is 0.00000242. The van der Waals surface area contributed by atoms with E-state index in [1.54, 1.807) is 21.3 Å². The van der Waals surface area contributed by atoms with Crippen molar-refractivity contribution in [3.8, 4) is 11.5 Å². The van der Waals surface area contributed by atoms with E-state index in [2.05, 4.69) is 11.0 Å². The molecule has 2 unspecified atom stereocenters. The fourth-order valence-electron chi connectivity index (χ4n) is 2.94. The Labute approximate surface area is 139 Å². The second-order valence-electron chi connectivity index (χ2n) is 5.43. The summed E-state index contributed by atoms with van der Waals surface area (Å²) in [5.41, 5.74) is 7.13.